The van der Waals surface area contributed by atoms with Crippen molar-refractivity contribution in [2.45, 2.75) is 6.42 Å². The maximum Gasteiger partial charge on any atom is 0.244 e. The van der Waals surface area contributed by atoms with Gasteiger partial charge in [0.2, 0.25) is 5.91 Å². The highest BCUT2D eigenvalue weighted by Gasteiger charge is 1.95. The smallest absolute Gasteiger partial charge is 0.244 e. The van der Waals surface area contributed by atoms with Crippen LogP contribution in [0.2, 0.25) is 0 Å². The summed E-state index contributed by atoms with van der Waals surface area (Å²) in [7, 11) is 0. The molecule has 0 saturated heterocycles. The average molecular weight is 271 g/mol. The molecule has 0 atom stereocenters. The second-order valence-electron chi connectivity index (χ2n) is 3.33. The zero-order chi connectivity index (χ0) is 12.3. The van der Waals surface area contributed by atoms with Gasteiger partial charge in [-0.1, -0.05) is 6.07 Å². The molecule has 0 aromatic carbocycles. The number of aliphatic hydroxyl groups excluding tert-OH is 1. The van der Waals surface area contributed by atoms with Crippen molar-refractivity contribution in [2.24, 2.45) is 0 Å². The third kappa shape index (κ3) is 7.20. The minimum atomic E-state index is -0.0545. The lowest BCUT2D eigenvalue weighted by Gasteiger charge is -2.01. The van der Waals surface area contributed by atoms with Crippen molar-refractivity contribution < 1.29 is 9.90 Å². The normalized spacial score (nSPS) is 10.9. The molecule has 94 valence electrons. The molecule has 0 fully saturated rings. The summed E-state index contributed by atoms with van der Waals surface area (Å²) in [5.41, 5.74) is 0. The van der Waals surface area contributed by atoms with Crippen molar-refractivity contribution in [3.8, 4) is 0 Å². The Morgan fingerprint density at radius 2 is 2.41 bits per heavy atom. The Labute approximate surface area is 110 Å². The second kappa shape index (κ2) is 9.27. The van der Waals surface area contributed by atoms with E-state index in [-0.39, 0.29) is 12.5 Å². The lowest BCUT2D eigenvalue weighted by molar-refractivity contribution is -0.116. The predicted molar refractivity (Wildman–Crippen MR) is 75.4 cm³/mol. The van der Waals surface area contributed by atoms with Crippen LogP contribution in [0.25, 0.3) is 6.08 Å². The number of thiophene rings is 1. The van der Waals surface area contributed by atoms with Gasteiger partial charge in [-0.15, -0.1) is 11.3 Å². The maximum atomic E-state index is 11.4. The van der Waals surface area contributed by atoms with E-state index < -0.39 is 0 Å². The minimum absolute atomic E-state index is 0.0545. The summed E-state index contributed by atoms with van der Waals surface area (Å²) in [5.74, 6) is 1.77. The van der Waals surface area contributed by atoms with E-state index in [1.165, 1.54) is 0 Å². The van der Waals surface area contributed by atoms with Crippen LogP contribution in [-0.4, -0.2) is 35.7 Å². The molecule has 1 heterocycles. The highest BCUT2D eigenvalue weighted by molar-refractivity contribution is 7.99. The van der Waals surface area contributed by atoms with E-state index in [2.05, 4.69) is 5.32 Å². The van der Waals surface area contributed by atoms with E-state index in [4.69, 9.17) is 5.11 Å². The van der Waals surface area contributed by atoms with Crippen LogP contribution >= 0.6 is 23.1 Å². The van der Waals surface area contributed by atoms with Gasteiger partial charge in [0.25, 0.3) is 0 Å². The molecule has 0 bridgehead atoms. The van der Waals surface area contributed by atoms with Crippen molar-refractivity contribution in [3.63, 3.8) is 0 Å². The number of carbonyl (C=O) groups excluding carboxylic acids is 1. The van der Waals surface area contributed by atoms with Crippen molar-refractivity contribution in [3.05, 3.63) is 28.5 Å². The molecule has 0 unspecified atom stereocenters. The number of carbonyl (C=O) groups is 1. The van der Waals surface area contributed by atoms with Gasteiger partial charge in [0.15, 0.2) is 0 Å². The van der Waals surface area contributed by atoms with E-state index in [0.29, 0.717) is 6.54 Å². The van der Waals surface area contributed by atoms with Crippen molar-refractivity contribution in [1.29, 1.82) is 0 Å². The molecule has 0 radical (unpaired) electrons. The fourth-order valence-corrected chi connectivity index (χ4v) is 2.52. The largest absolute Gasteiger partial charge is 0.396 e. The molecule has 1 aromatic rings. The molecule has 1 rings (SSSR count). The molecule has 0 aliphatic heterocycles. The number of amides is 1. The van der Waals surface area contributed by atoms with Crippen molar-refractivity contribution in [1.82, 2.24) is 5.32 Å². The van der Waals surface area contributed by atoms with Gasteiger partial charge in [-0.2, -0.15) is 11.8 Å². The van der Waals surface area contributed by atoms with Crippen LogP contribution in [0.4, 0.5) is 0 Å². The Hall–Kier alpha value is -0.780. The summed E-state index contributed by atoms with van der Waals surface area (Å²) >= 11 is 3.35. The number of nitrogens with one attached hydrogen (secondary N) is 1. The quantitative estimate of drug-likeness (QED) is 0.561. The molecule has 1 aromatic heterocycles. The van der Waals surface area contributed by atoms with Crippen LogP contribution in [0.1, 0.15) is 11.3 Å². The number of aliphatic hydroxyl groups is 1. The average Bonchev–Trinajstić information content (AvgIpc) is 2.84. The van der Waals surface area contributed by atoms with Crippen LogP contribution in [0.5, 0.6) is 0 Å². The van der Waals surface area contributed by atoms with Crippen molar-refractivity contribution in [2.75, 3.05) is 24.7 Å². The summed E-state index contributed by atoms with van der Waals surface area (Å²) in [6.07, 6.45) is 4.19. The van der Waals surface area contributed by atoms with Gasteiger partial charge in [0.05, 0.1) is 0 Å². The second-order valence-corrected chi connectivity index (χ2v) is 5.53. The van der Waals surface area contributed by atoms with Crippen molar-refractivity contribution >= 4 is 35.1 Å². The number of hydrogen-bond donors (Lipinski definition) is 2. The molecule has 5 heteroatoms. The Morgan fingerprint density at radius 3 is 3.12 bits per heavy atom. The van der Waals surface area contributed by atoms with Gasteiger partial charge in [-0.3, -0.25) is 4.79 Å². The number of rotatable bonds is 8. The topological polar surface area (TPSA) is 49.3 Å². The van der Waals surface area contributed by atoms with E-state index in [1.54, 1.807) is 29.2 Å². The molecule has 0 aliphatic carbocycles. The summed E-state index contributed by atoms with van der Waals surface area (Å²) in [4.78, 5) is 12.5. The first-order valence-corrected chi connectivity index (χ1v) is 7.54. The minimum Gasteiger partial charge on any atom is -0.396 e. The molecular weight excluding hydrogens is 254 g/mol. The van der Waals surface area contributed by atoms with Gasteiger partial charge in [-0.25, -0.2) is 0 Å². The van der Waals surface area contributed by atoms with Gasteiger partial charge in [-0.05, 0) is 29.7 Å². The summed E-state index contributed by atoms with van der Waals surface area (Å²) in [6, 6.07) is 3.93. The van der Waals surface area contributed by atoms with E-state index >= 15 is 0 Å². The summed E-state index contributed by atoms with van der Waals surface area (Å²) < 4.78 is 0. The standard InChI is InChI=1S/C12H17NO2S2/c14-7-2-8-16-10-6-13-12(15)5-4-11-3-1-9-17-11/h1,3-5,9,14H,2,6-8,10H2,(H,13,15)/b5-4+. The molecule has 2 N–H and O–H groups in total. The highest BCUT2D eigenvalue weighted by atomic mass is 32.2. The predicted octanol–water partition coefficient (Wildman–Crippen LogP) is 1.99. The monoisotopic (exact) mass is 271 g/mol. The fraction of sp³-hybridized carbons (Fsp3) is 0.417. The molecule has 17 heavy (non-hydrogen) atoms. The lowest BCUT2D eigenvalue weighted by Crippen LogP contribution is -2.23. The third-order valence-electron chi connectivity index (χ3n) is 1.93. The first-order chi connectivity index (χ1) is 8.33. The molecule has 1 amide bonds. The molecule has 3 nitrogen and oxygen atoms in total. The molecule has 0 aliphatic rings. The Balaban J connectivity index is 2.05. The van der Waals surface area contributed by atoms with Gasteiger partial charge >= 0.3 is 0 Å². The van der Waals surface area contributed by atoms with Gasteiger partial charge in [0.1, 0.15) is 0 Å². The number of hydrogen-bond acceptors (Lipinski definition) is 4. The lowest BCUT2D eigenvalue weighted by atomic mass is 10.4. The van der Waals surface area contributed by atoms with Crippen LogP contribution < -0.4 is 5.32 Å². The van der Waals surface area contributed by atoms with Crippen LogP contribution in [0.3, 0.4) is 0 Å². The Bertz CT molecular complexity index is 336. The fourth-order valence-electron chi connectivity index (χ4n) is 1.12. The zero-order valence-corrected chi connectivity index (χ0v) is 11.2. The van der Waals surface area contributed by atoms with Crippen LogP contribution in [-0.2, 0) is 4.79 Å². The molecular formula is C12H17NO2S2. The SMILES string of the molecule is O=C(/C=C/c1cccs1)NCCSCCCO. The van der Waals surface area contributed by atoms with E-state index in [0.717, 1.165) is 22.8 Å². The summed E-state index contributed by atoms with van der Waals surface area (Å²) in [6.45, 7) is 0.909. The first kappa shape index (κ1) is 14.3. The third-order valence-corrected chi connectivity index (χ3v) is 3.84. The number of thioether (sulfide) groups is 1. The summed E-state index contributed by atoms with van der Waals surface area (Å²) in [5, 5.41) is 13.4. The van der Waals surface area contributed by atoms with E-state index in [9.17, 15) is 4.79 Å². The van der Waals surface area contributed by atoms with Crippen LogP contribution in [0.15, 0.2) is 23.6 Å². The van der Waals surface area contributed by atoms with Gasteiger partial charge in [0, 0.05) is 29.9 Å². The van der Waals surface area contributed by atoms with Gasteiger partial charge < -0.3 is 10.4 Å². The molecule has 0 saturated carbocycles. The Morgan fingerprint density at radius 1 is 1.53 bits per heavy atom. The van der Waals surface area contributed by atoms with E-state index in [1.807, 2.05) is 23.6 Å². The molecule has 0 spiro atoms. The maximum absolute atomic E-state index is 11.4. The van der Waals surface area contributed by atoms with Crippen LogP contribution in [0, 0.1) is 0 Å². The zero-order valence-electron chi connectivity index (χ0n) is 9.59. The first-order valence-electron chi connectivity index (χ1n) is 5.51. The Kier molecular flexibility index (Phi) is 7.79. The highest BCUT2D eigenvalue weighted by Crippen LogP contribution is 2.09.